The quantitative estimate of drug-likeness (QED) is 0.674. The third-order valence-corrected chi connectivity index (χ3v) is 5.65. The number of aryl methyl sites for hydroxylation is 1. The number of aliphatic hydroxyl groups is 1. The van der Waals surface area contributed by atoms with Crippen LogP contribution in [-0.2, 0) is 6.54 Å². The number of thioether (sulfide) groups is 1. The summed E-state index contributed by atoms with van der Waals surface area (Å²) >= 11 is 3.41. The maximum Gasteiger partial charge on any atom is 0.322 e. The molecule has 0 atom stereocenters. The highest BCUT2D eigenvalue weighted by atomic mass is 32.2. The fourth-order valence-corrected chi connectivity index (χ4v) is 4.01. The molecule has 2 amide bonds. The topological polar surface area (TPSA) is 52.6 Å². The maximum atomic E-state index is 12.6. The molecule has 2 N–H and O–H groups in total. The number of nitrogens with zero attached hydrogens (tertiary/aromatic N) is 1. The van der Waals surface area contributed by atoms with Crippen LogP contribution in [0.2, 0.25) is 0 Å². The van der Waals surface area contributed by atoms with E-state index < -0.39 is 0 Å². The summed E-state index contributed by atoms with van der Waals surface area (Å²) in [6.45, 7) is 4.96. The van der Waals surface area contributed by atoms with Crippen LogP contribution in [0.25, 0.3) is 0 Å². The van der Waals surface area contributed by atoms with E-state index in [4.69, 9.17) is 0 Å². The van der Waals surface area contributed by atoms with E-state index in [0.29, 0.717) is 13.1 Å². The van der Waals surface area contributed by atoms with E-state index in [0.717, 1.165) is 27.6 Å². The number of thiophene rings is 1. The normalized spacial score (nSPS) is 10.6. The number of carbonyl (C=O) groups is 1. The molecular formula is C18H24N2O2S2. The van der Waals surface area contributed by atoms with Gasteiger partial charge in [0.25, 0.3) is 0 Å². The van der Waals surface area contributed by atoms with Gasteiger partial charge in [-0.3, -0.25) is 0 Å². The smallest absolute Gasteiger partial charge is 0.322 e. The molecule has 0 saturated heterocycles. The third-order valence-electron chi connectivity index (χ3n) is 3.39. The van der Waals surface area contributed by atoms with Crippen LogP contribution in [0, 0.1) is 6.92 Å². The van der Waals surface area contributed by atoms with Gasteiger partial charge in [0.2, 0.25) is 0 Å². The Bertz CT molecular complexity index is 658. The lowest BCUT2D eigenvalue weighted by atomic mass is 10.3. The van der Waals surface area contributed by atoms with Crippen molar-refractivity contribution < 1.29 is 9.90 Å². The minimum atomic E-state index is -0.181. The first-order valence-electron chi connectivity index (χ1n) is 8.08. The molecule has 130 valence electrons. The number of anilines is 1. The number of nitrogens with one attached hydrogen (secondary N) is 1. The van der Waals surface area contributed by atoms with Crippen LogP contribution < -0.4 is 5.32 Å². The molecule has 1 heterocycles. The number of rotatable bonds is 8. The van der Waals surface area contributed by atoms with E-state index in [1.165, 1.54) is 4.88 Å². The van der Waals surface area contributed by atoms with E-state index in [9.17, 15) is 9.90 Å². The van der Waals surface area contributed by atoms with Gasteiger partial charge >= 0.3 is 6.03 Å². The lowest BCUT2D eigenvalue weighted by Crippen LogP contribution is -2.36. The molecule has 1 aromatic heterocycles. The van der Waals surface area contributed by atoms with Gasteiger partial charge in [-0.1, -0.05) is 19.1 Å². The SMILES string of the molecule is CCCSc1ccccc1NC(=O)N(CCO)Cc1ccc(C)s1. The van der Waals surface area contributed by atoms with Crippen molar-refractivity contribution in [1.82, 2.24) is 4.90 Å². The molecule has 0 radical (unpaired) electrons. The minimum Gasteiger partial charge on any atom is -0.395 e. The Kier molecular flexibility index (Phi) is 7.62. The van der Waals surface area contributed by atoms with Gasteiger partial charge in [0.05, 0.1) is 18.8 Å². The zero-order chi connectivity index (χ0) is 17.4. The molecule has 0 aliphatic rings. The predicted octanol–water partition coefficient (Wildman–Crippen LogP) is 4.59. The number of hydrogen-bond donors (Lipinski definition) is 2. The number of aliphatic hydroxyl groups excluding tert-OH is 1. The highest BCUT2D eigenvalue weighted by molar-refractivity contribution is 7.99. The second-order valence-corrected chi connectivity index (χ2v) is 7.94. The number of benzene rings is 1. The first kappa shape index (κ1) is 18.8. The largest absolute Gasteiger partial charge is 0.395 e. The van der Waals surface area contributed by atoms with Gasteiger partial charge in [0.15, 0.2) is 0 Å². The van der Waals surface area contributed by atoms with Crippen LogP contribution >= 0.6 is 23.1 Å². The van der Waals surface area contributed by atoms with Crippen LogP contribution in [-0.4, -0.2) is 34.9 Å². The Morgan fingerprint density at radius 2 is 2.08 bits per heavy atom. The summed E-state index contributed by atoms with van der Waals surface area (Å²) in [6, 6.07) is 11.7. The van der Waals surface area contributed by atoms with Gasteiger partial charge in [0.1, 0.15) is 0 Å². The molecular weight excluding hydrogens is 340 g/mol. The first-order valence-corrected chi connectivity index (χ1v) is 9.88. The summed E-state index contributed by atoms with van der Waals surface area (Å²) in [7, 11) is 0. The van der Waals surface area contributed by atoms with Crippen molar-refractivity contribution in [2.24, 2.45) is 0 Å². The first-order chi connectivity index (χ1) is 11.6. The van der Waals surface area contributed by atoms with Gasteiger partial charge in [-0.2, -0.15) is 0 Å². The fourth-order valence-electron chi connectivity index (χ4n) is 2.23. The number of para-hydroxylation sites is 1. The molecule has 6 heteroatoms. The lowest BCUT2D eigenvalue weighted by Gasteiger charge is -2.22. The van der Waals surface area contributed by atoms with E-state index in [2.05, 4.69) is 12.2 Å². The van der Waals surface area contributed by atoms with Crippen molar-refractivity contribution in [1.29, 1.82) is 0 Å². The van der Waals surface area contributed by atoms with Crippen molar-refractivity contribution >= 4 is 34.8 Å². The summed E-state index contributed by atoms with van der Waals surface area (Å²) in [5.74, 6) is 1.02. The molecule has 1 aromatic carbocycles. The molecule has 2 aromatic rings. The second-order valence-electron chi connectivity index (χ2n) is 5.43. The Balaban J connectivity index is 2.07. The summed E-state index contributed by atoms with van der Waals surface area (Å²) in [5.41, 5.74) is 0.825. The van der Waals surface area contributed by atoms with Crippen molar-refractivity contribution in [3.05, 3.63) is 46.2 Å². The van der Waals surface area contributed by atoms with E-state index in [-0.39, 0.29) is 12.6 Å². The van der Waals surface area contributed by atoms with E-state index >= 15 is 0 Å². The fraction of sp³-hybridized carbons (Fsp3) is 0.389. The number of amides is 2. The van der Waals surface area contributed by atoms with Gasteiger partial charge in [0, 0.05) is 21.2 Å². The van der Waals surface area contributed by atoms with Gasteiger partial charge in [-0.05, 0) is 43.4 Å². The molecule has 0 fully saturated rings. The van der Waals surface area contributed by atoms with Crippen LogP contribution in [0.15, 0.2) is 41.3 Å². The van der Waals surface area contributed by atoms with E-state index in [1.54, 1.807) is 28.0 Å². The Hall–Kier alpha value is -1.50. The molecule has 2 rings (SSSR count). The summed E-state index contributed by atoms with van der Waals surface area (Å²) in [4.78, 5) is 17.7. The summed E-state index contributed by atoms with van der Waals surface area (Å²) in [5, 5.41) is 12.3. The standard InChI is InChI=1S/C18H24N2O2S2/c1-3-12-23-17-7-5-4-6-16(17)19-18(22)20(10-11-21)13-15-9-8-14(2)24-15/h4-9,21H,3,10-13H2,1-2H3,(H,19,22). The van der Waals surface area contributed by atoms with Crippen molar-refractivity contribution in [3.8, 4) is 0 Å². The van der Waals surface area contributed by atoms with Gasteiger partial charge in [-0.25, -0.2) is 4.79 Å². The minimum absolute atomic E-state index is 0.0516. The number of hydrogen-bond acceptors (Lipinski definition) is 4. The highest BCUT2D eigenvalue weighted by Gasteiger charge is 2.16. The Morgan fingerprint density at radius 3 is 2.75 bits per heavy atom. The summed E-state index contributed by atoms with van der Waals surface area (Å²) in [6.07, 6.45) is 1.08. The Morgan fingerprint density at radius 1 is 1.29 bits per heavy atom. The number of urea groups is 1. The molecule has 0 saturated carbocycles. The molecule has 0 unspecified atom stereocenters. The highest BCUT2D eigenvalue weighted by Crippen LogP contribution is 2.28. The molecule has 0 spiro atoms. The van der Waals surface area contributed by atoms with Crippen LogP contribution in [0.5, 0.6) is 0 Å². The van der Waals surface area contributed by atoms with Crippen LogP contribution in [0.3, 0.4) is 0 Å². The molecule has 4 nitrogen and oxygen atoms in total. The second kappa shape index (κ2) is 9.71. The van der Waals surface area contributed by atoms with Gasteiger partial charge < -0.3 is 15.3 Å². The molecule has 24 heavy (non-hydrogen) atoms. The Labute approximate surface area is 151 Å². The molecule has 0 bridgehead atoms. The monoisotopic (exact) mass is 364 g/mol. The third kappa shape index (κ3) is 5.54. The molecule has 0 aliphatic carbocycles. The van der Waals surface area contributed by atoms with Crippen LogP contribution in [0.4, 0.5) is 10.5 Å². The average molecular weight is 365 g/mol. The van der Waals surface area contributed by atoms with Crippen molar-refractivity contribution in [2.45, 2.75) is 31.7 Å². The lowest BCUT2D eigenvalue weighted by molar-refractivity contribution is 0.186. The maximum absolute atomic E-state index is 12.6. The van der Waals surface area contributed by atoms with Crippen LogP contribution in [0.1, 0.15) is 23.1 Å². The number of carbonyl (C=O) groups excluding carboxylic acids is 1. The summed E-state index contributed by atoms with van der Waals surface area (Å²) < 4.78 is 0. The molecule has 0 aliphatic heterocycles. The van der Waals surface area contributed by atoms with Crippen molar-refractivity contribution in [3.63, 3.8) is 0 Å². The predicted molar refractivity (Wildman–Crippen MR) is 103 cm³/mol. The van der Waals surface area contributed by atoms with E-state index in [1.807, 2.05) is 43.3 Å². The van der Waals surface area contributed by atoms with Gasteiger partial charge in [-0.15, -0.1) is 23.1 Å². The average Bonchev–Trinajstić information content (AvgIpc) is 2.98. The van der Waals surface area contributed by atoms with Crippen molar-refractivity contribution in [2.75, 3.05) is 24.2 Å². The zero-order valence-corrected chi connectivity index (χ0v) is 15.8. The zero-order valence-electron chi connectivity index (χ0n) is 14.1.